The van der Waals surface area contributed by atoms with Crippen LogP contribution in [0.4, 0.5) is 11.9 Å². The van der Waals surface area contributed by atoms with Gasteiger partial charge >= 0.3 is 6.01 Å². The third-order valence-corrected chi connectivity index (χ3v) is 2.96. The van der Waals surface area contributed by atoms with E-state index in [0.717, 1.165) is 13.1 Å². The first-order chi connectivity index (χ1) is 10.1. The van der Waals surface area contributed by atoms with Crippen LogP contribution in [0.2, 0.25) is 0 Å². The highest BCUT2D eigenvalue weighted by Crippen LogP contribution is 2.16. The molecule has 0 amide bonds. The summed E-state index contributed by atoms with van der Waals surface area (Å²) in [6, 6.07) is 8.69. The van der Waals surface area contributed by atoms with Crippen molar-refractivity contribution in [1.82, 2.24) is 15.0 Å². The molecular formula is C15H21N5O. The quantitative estimate of drug-likeness (QED) is 0.879. The Morgan fingerprint density at radius 2 is 2.05 bits per heavy atom. The highest BCUT2D eigenvalue weighted by molar-refractivity contribution is 5.39. The molecule has 6 nitrogen and oxygen atoms in total. The smallest absolute Gasteiger partial charge is 0.322 e. The van der Waals surface area contributed by atoms with Gasteiger partial charge < -0.3 is 15.0 Å². The zero-order valence-electron chi connectivity index (χ0n) is 12.9. The molecule has 0 bridgehead atoms. The van der Waals surface area contributed by atoms with E-state index in [-0.39, 0.29) is 0 Å². The Hall–Kier alpha value is -2.37. The minimum absolute atomic E-state index is 0.312. The number of methoxy groups -OCH3 is 1. The van der Waals surface area contributed by atoms with Crippen molar-refractivity contribution in [1.29, 1.82) is 0 Å². The molecule has 1 aromatic carbocycles. The van der Waals surface area contributed by atoms with Gasteiger partial charge in [-0.2, -0.15) is 15.0 Å². The predicted molar refractivity (Wildman–Crippen MR) is 83.8 cm³/mol. The van der Waals surface area contributed by atoms with Crippen molar-refractivity contribution in [3.63, 3.8) is 0 Å². The largest absolute Gasteiger partial charge is 0.467 e. The summed E-state index contributed by atoms with van der Waals surface area (Å²) in [5, 5.41) is 3.08. The average molecular weight is 287 g/mol. The van der Waals surface area contributed by atoms with Gasteiger partial charge in [0.15, 0.2) is 0 Å². The maximum absolute atomic E-state index is 5.13. The highest BCUT2D eigenvalue weighted by Gasteiger charge is 2.11. The average Bonchev–Trinajstić information content (AvgIpc) is 2.47. The second-order valence-corrected chi connectivity index (χ2v) is 4.82. The van der Waals surface area contributed by atoms with E-state index in [1.54, 1.807) is 7.11 Å². The number of hydrogen-bond donors (Lipinski definition) is 1. The lowest BCUT2D eigenvalue weighted by Crippen LogP contribution is -2.20. The van der Waals surface area contributed by atoms with Gasteiger partial charge in [-0.15, -0.1) is 0 Å². The van der Waals surface area contributed by atoms with Crippen LogP contribution in [0.1, 0.15) is 18.1 Å². The van der Waals surface area contributed by atoms with Crippen molar-refractivity contribution in [2.45, 2.75) is 20.4 Å². The lowest BCUT2D eigenvalue weighted by Gasteiger charge is -2.18. The maximum Gasteiger partial charge on any atom is 0.322 e. The molecule has 0 saturated carbocycles. The highest BCUT2D eigenvalue weighted by atomic mass is 16.5. The van der Waals surface area contributed by atoms with Crippen molar-refractivity contribution in [2.75, 3.05) is 30.9 Å². The molecule has 0 aliphatic carbocycles. The molecule has 0 fully saturated rings. The molecular weight excluding hydrogens is 266 g/mol. The molecule has 2 aromatic rings. The summed E-state index contributed by atoms with van der Waals surface area (Å²) in [6.07, 6.45) is 0. The predicted octanol–water partition coefficient (Wildman–Crippen LogP) is 2.26. The van der Waals surface area contributed by atoms with Gasteiger partial charge in [0.1, 0.15) is 0 Å². The molecule has 0 saturated heterocycles. The number of ether oxygens (including phenoxy) is 1. The molecule has 0 spiro atoms. The summed E-state index contributed by atoms with van der Waals surface area (Å²) in [4.78, 5) is 14.8. The third-order valence-electron chi connectivity index (χ3n) is 2.96. The number of nitrogens with one attached hydrogen (secondary N) is 1. The van der Waals surface area contributed by atoms with Gasteiger partial charge in [-0.1, -0.05) is 29.8 Å². The topological polar surface area (TPSA) is 63.2 Å². The number of aromatic nitrogens is 3. The Morgan fingerprint density at radius 3 is 2.71 bits per heavy atom. The second kappa shape index (κ2) is 6.88. The van der Waals surface area contributed by atoms with Gasteiger partial charge in [-0.05, 0) is 19.4 Å². The van der Waals surface area contributed by atoms with E-state index in [1.807, 2.05) is 18.9 Å². The summed E-state index contributed by atoms with van der Waals surface area (Å²) in [5.41, 5.74) is 2.45. The molecule has 21 heavy (non-hydrogen) atoms. The summed E-state index contributed by atoms with van der Waals surface area (Å²) in [5.74, 6) is 1.11. The van der Waals surface area contributed by atoms with Gasteiger partial charge in [-0.25, -0.2) is 0 Å². The summed E-state index contributed by atoms with van der Waals surface area (Å²) < 4.78 is 5.13. The van der Waals surface area contributed by atoms with Gasteiger partial charge in [0.05, 0.1) is 7.11 Å². The SMILES string of the molecule is CCNc1nc(OC)nc(N(C)Cc2cccc(C)c2)n1. The minimum atomic E-state index is 0.312. The van der Waals surface area contributed by atoms with Crippen molar-refractivity contribution in [3.8, 4) is 6.01 Å². The number of hydrogen-bond acceptors (Lipinski definition) is 6. The monoisotopic (exact) mass is 287 g/mol. The zero-order valence-corrected chi connectivity index (χ0v) is 12.9. The Bertz CT molecular complexity index is 602. The van der Waals surface area contributed by atoms with Crippen molar-refractivity contribution in [2.24, 2.45) is 0 Å². The molecule has 0 aliphatic rings. The van der Waals surface area contributed by atoms with Gasteiger partial charge in [0, 0.05) is 20.1 Å². The summed E-state index contributed by atoms with van der Waals surface area (Å²) in [7, 11) is 3.50. The normalized spacial score (nSPS) is 10.3. The van der Waals surface area contributed by atoms with Crippen molar-refractivity contribution in [3.05, 3.63) is 35.4 Å². The van der Waals surface area contributed by atoms with Crippen LogP contribution in [0.25, 0.3) is 0 Å². The lowest BCUT2D eigenvalue weighted by molar-refractivity contribution is 0.379. The van der Waals surface area contributed by atoms with E-state index in [2.05, 4.69) is 51.5 Å². The van der Waals surface area contributed by atoms with Crippen molar-refractivity contribution >= 4 is 11.9 Å². The number of benzene rings is 1. The number of aryl methyl sites for hydroxylation is 1. The molecule has 0 radical (unpaired) electrons. The van der Waals surface area contributed by atoms with Crippen molar-refractivity contribution < 1.29 is 4.74 Å². The first kappa shape index (κ1) is 15.0. The molecule has 112 valence electrons. The van der Waals surface area contributed by atoms with Gasteiger partial charge in [0.2, 0.25) is 11.9 Å². The molecule has 1 heterocycles. The van der Waals surface area contributed by atoms with E-state index >= 15 is 0 Å². The van der Waals surface area contributed by atoms with Crippen LogP contribution in [0, 0.1) is 6.92 Å². The Balaban J connectivity index is 2.21. The minimum Gasteiger partial charge on any atom is -0.467 e. The molecule has 1 aromatic heterocycles. The maximum atomic E-state index is 5.13. The fourth-order valence-electron chi connectivity index (χ4n) is 2.00. The first-order valence-corrected chi connectivity index (χ1v) is 6.93. The Labute approximate surface area is 125 Å². The van der Waals surface area contributed by atoms with E-state index in [1.165, 1.54) is 11.1 Å². The molecule has 0 atom stereocenters. The summed E-state index contributed by atoms with van der Waals surface area (Å²) >= 11 is 0. The van der Waals surface area contributed by atoms with Crippen LogP contribution in [-0.2, 0) is 6.54 Å². The van der Waals surface area contributed by atoms with Crippen LogP contribution in [-0.4, -0.2) is 35.7 Å². The second-order valence-electron chi connectivity index (χ2n) is 4.82. The van der Waals surface area contributed by atoms with Crippen LogP contribution in [0.15, 0.2) is 24.3 Å². The zero-order chi connectivity index (χ0) is 15.2. The first-order valence-electron chi connectivity index (χ1n) is 6.93. The molecule has 0 aliphatic heterocycles. The fourth-order valence-corrected chi connectivity index (χ4v) is 2.00. The van der Waals surface area contributed by atoms with Crippen LogP contribution >= 0.6 is 0 Å². The third kappa shape index (κ3) is 4.05. The number of nitrogens with zero attached hydrogens (tertiary/aromatic N) is 4. The number of rotatable bonds is 6. The van der Waals surface area contributed by atoms with Gasteiger partial charge in [-0.3, -0.25) is 0 Å². The van der Waals surface area contributed by atoms with E-state index in [9.17, 15) is 0 Å². The van der Waals surface area contributed by atoms with E-state index in [0.29, 0.717) is 17.9 Å². The van der Waals surface area contributed by atoms with Crippen LogP contribution < -0.4 is 15.0 Å². The van der Waals surface area contributed by atoms with E-state index in [4.69, 9.17) is 4.74 Å². The van der Waals surface area contributed by atoms with Crippen LogP contribution in [0.3, 0.4) is 0 Å². The summed E-state index contributed by atoms with van der Waals surface area (Å²) in [6.45, 7) is 5.54. The Morgan fingerprint density at radius 1 is 1.24 bits per heavy atom. The molecule has 0 unspecified atom stereocenters. The van der Waals surface area contributed by atoms with Gasteiger partial charge in [0.25, 0.3) is 0 Å². The number of anilines is 2. The fraction of sp³-hybridized carbons (Fsp3) is 0.400. The Kier molecular flexibility index (Phi) is 4.92. The van der Waals surface area contributed by atoms with E-state index < -0.39 is 0 Å². The molecule has 1 N–H and O–H groups in total. The van der Waals surface area contributed by atoms with Crippen LogP contribution in [0.5, 0.6) is 6.01 Å². The lowest BCUT2D eigenvalue weighted by atomic mass is 10.1. The standard InChI is InChI=1S/C15H21N5O/c1-5-16-13-17-14(19-15(18-13)21-4)20(3)10-12-8-6-7-11(2)9-12/h6-9H,5,10H2,1-4H3,(H,16,17,18,19). The molecule has 2 rings (SSSR count). The molecule has 6 heteroatoms.